The van der Waals surface area contributed by atoms with Gasteiger partial charge in [-0.2, -0.15) is 0 Å². The fourth-order valence-corrected chi connectivity index (χ4v) is 2.35. The van der Waals surface area contributed by atoms with Crippen LogP contribution in [-0.4, -0.2) is 11.5 Å². The maximum Gasteiger partial charge on any atom is 0.125 e. The Morgan fingerprint density at radius 2 is 2.22 bits per heavy atom. The molecular formula is C14H14FN3. The molecule has 0 saturated carbocycles. The van der Waals surface area contributed by atoms with Crippen molar-refractivity contribution in [3.63, 3.8) is 0 Å². The van der Waals surface area contributed by atoms with Crippen molar-refractivity contribution in [2.24, 2.45) is 0 Å². The van der Waals surface area contributed by atoms with E-state index in [2.05, 4.69) is 9.88 Å². The number of rotatable bonds is 2. The molecule has 0 spiro atoms. The van der Waals surface area contributed by atoms with Gasteiger partial charge in [0, 0.05) is 18.4 Å². The van der Waals surface area contributed by atoms with Gasteiger partial charge in [-0.15, -0.1) is 0 Å². The number of hydrogen-bond donors (Lipinski definition) is 1. The minimum absolute atomic E-state index is 0.199. The van der Waals surface area contributed by atoms with Crippen LogP contribution in [0.5, 0.6) is 0 Å². The van der Waals surface area contributed by atoms with Crippen LogP contribution in [0.4, 0.5) is 15.8 Å². The summed E-state index contributed by atoms with van der Waals surface area (Å²) in [5.74, 6) is -0.199. The van der Waals surface area contributed by atoms with Crippen LogP contribution in [-0.2, 0) is 13.0 Å². The molecule has 0 bridgehead atoms. The Morgan fingerprint density at radius 3 is 3.06 bits per heavy atom. The van der Waals surface area contributed by atoms with Crippen LogP contribution >= 0.6 is 0 Å². The summed E-state index contributed by atoms with van der Waals surface area (Å²) >= 11 is 0. The van der Waals surface area contributed by atoms with Gasteiger partial charge >= 0.3 is 0 Å². The molecule has 1 aromatic heterocycles. The minimum Gasteiger partial charge on any atom is -0.397 e. The van der Waals surface area contributed by atoms with E-state index in [1.54, 1.807) is 12.3 Å². The molecule has 0 unspecified atom stereocenters. The Hall–Kier alpha value is -2.10. The van der Waals surface area contributed by atoms with Gasteiger partial charge in [0.1, 0.15) is 5.82 Å². The minimum atomic E-state index is -0.199. The van der Waals surface area contributed by atoms with Crippen LogP contribution < -0.4 is 10.6 Å². The van der Waals surface area contributed by atoms with E-state index in [1.165, 1.54) is 11.6 Å². The first-order valence-corrected chi connectivity index (χ1v) is 5.97. The van der Waals surface area contributed by atoms with Crippen LogP contribution in [0.1, 0.15) is 11.3 Å². The number of pyridine rings is 1. The average Bonchev–Trinajstić information content (AvgIpc) is 2.75. The lowest BCUT2D eigenvalue weighted by Crippen LogP contribution is -2.21. The largest absolute Gasteiger partial charge is 0.397 e. The zero-order chi connectivity index (χ0) is 12.5. The molecule has 0 atom stereocenters. The molecule has 0 saturated heterocycles. The summed E-state index contributed by atoms with van der Waals surface area (Å²) in [7, 11) is 0. The molecule has 3 nitrogen and oxygen atoms in total. The molecule has 92 valence electrons. The monoisotopic (exact) mass is 243 g/mol. The van der Waals surface area contributed by atoms with Crippen molar-refractivity contribution >= 4 is 11.4 Å². The Kier molecular flexibility index (Phi) is 2.63. The van der Waals surface area contributed by atoms with Crippen molar-refractivity contribution in [1.29, 1.82) is 0 Å². The highest BCUT2D eigenvalue weighted by atomic mass is 19.1. The number of hydrogen-bond acceptors (Lipinski definition) is 3. The van der Waals surface area contributed by atoms with Gasteiger partial charge in [-0.05, 0) is 36.2 Å². The quantitative estimate of drug-likeness (QED) is 0.880. The lowest BCUT2D eigenvalue weighted by atomic mass is 10.1. The van der Waals surface area contributed by atoms with Gasteiger partial charge in [0.25, 0.3) is 0 Å². The van der Waals surface area contributed by atoms with Crippen LogP contribution in [0, 0.1) is 5.82 Å². The number of fused-ring (bicyclic) bond motifs is 1. The number of nitrogens with zero attached hydrogens (tertiary/aromatic N) is 2. The number of benzene rings is 1. The third-order valence-corrected chi connectivity index (χ3v) is 3.31. The number of nitrogens with two attached hydrogens (primary N) is 1. The second kappa shape index (κ2) is 4.29. The first-order valence-electron chi connectivity index (χ1n) is 5.97. The Balaban J connectivity index is 1.89. The van der Waals surface area contributed by atoms with Crippen molar-refractivity contribution in [2.75, 3.05) is 17.2 Å². The molecule has 0 amide bonds. The Morgan fingerprint density at radius 1 is 1.33 bits per heavy atom. The third kappa shape index (κ3) is 1.90. The molecule has 2 N–H and O–H groups in total. The third-order valence-electron chi connectivity index (χ3n) is 3.31. The first kappa shape index (κ1) is 11.0. The lowest BCUT2D eigenvalue weighted by Gasteiger charge is -2.19. The number of anilines is 2. The Bertz CT molecular complexity index is 583. The lowest BCUT2D eigenvalue weighted by molar-refractivity contribution is 0.627. The van der Waals surface area contributed by atoms with E-state index in [0.29, 0.717) is 12.2 Å². The second-order valence-electron chi connectivity index (χ2n) is 4.48. The van der Waals surface area contributed by atoms with Crippen molar-refractivity contribution in [1.82, 2.24) is 4.98 Å². The molecule has 0 radical (unpaired) electrons. The standard InChI is InChI=1S/C14H14FN3/c15-11-4-3-10-5-7-18(14(10)8-11)9-13-12(16)2-1-6-17-13/h1-4,6,8H,5,7,9,16H2. The molecule has 4 heteroatoms. The zero-order valence-electron chi connectivity index (χ0n) is 9.94. The van der Waals surface area contributed by atoms with E-state index in [-0.39, 0.29) is 5.82 Å². The van der Waals surface area contributed by atoms with Crippen LogP contribution in [0.3, 0.4) is 0 Å². The van der Waals surface area contributed by atoms with Crippen molar-refractivity contribution < 1.29 is 4.39 Å². The zero-order valence-corrected chi connectivity index (χ0v) is 9.94. The van der Waals surface area contributed by atoms with Gasteiger partial charge in [0.05, 0.1) is 17.9 Å². The molecule has 0 aliphatic carbocycles. The van der Waals surface area contributed by atoms with E-state index in [4.69, 9.17) is 5.73 Å². The Labute approximate surface area is 105 Å². The SMILES string of the molecule is Nc1cccnc1CN1CCc2ccc(F)cc21. The molecule has 1 aliphatic rings. The van der Waals surface area contributed by atoms with Crippen molar-refractivity contribution in [2.45, 2.75) is 13.0 Å². The average molecular weight is 243 g/mol. The summed E-state index contributed by atoms with van der Waals surface area (Å²) in [6.07, 6.45) is 2.68. The maximum atomic E-state index is 13.3. The summed E-state index contributed by atoms with van der Waals surface area (Å²) in [4.78, 5) is 6.40. The summed E-state index contributed by atoms with van der Waals surface area (Å²) in [6, 6.07) is 8.60. The van der Waals surface area contributed by atoms with Gasteiger partial charge < -0.3 is 10.6 Å². The van der Waals surface area contributed by atoms with Crippen LogP contribution in [0.15, 0.2) is 36.5 Å². The van der Waals surface area contributed by atoms with Crippen LogP contribution in [0.2, 0.25) is 0 Å². The normalized spacial score (nSPS) is 13.7. The maximum absolute atomic E-state index is 13.3. The fourth-order valence-electron chi connectivity index (χ4n) is 2.35. The summed E-state index contributed by atoms with van der Waals surface area (Å²) in [6.45, 7) is 1.51. The molecule has 3 rings (SSSR count). The molecule has 1 aliphatic heterocycles. The number of halogens is 1. The molecule has 0 fully saturated rings. The molecule has 2 heterocycles. The fraction of sp³-hybridized carbons (Fsp3) is 0.214. The van der Waals surface area contributed by atoms with E-state index in [1.807, 2.05) is 18.2 Å². The van der Waals surface area contributed by atoms with Gasteiger partial charge in [-0.25, -0.2) is 4.39 Å². The molecule has 2 aromatic rings. The van der Waals surface area contributed by atoms with E-state index in [9.17, 15) is 4.39 Å². The summed E-state index contributed by atoms with van der Waals surface area (Å²) in [5.41, 5.74) is 9.55. The summed E-state index contributed by atoms with van der Waals surface area (Å²) in [5, 5.41) is 0. The molecular weight excluding hydrogens is 229 g/mol. The predicted octanol–water partition coefficient (Wildman–Crippen LogP) is 2.37. The van der Waals surface area contributed by atoms with Crippen LogP contribution in [0.25, 0.3) is 0 Å². The van der Waals surface area contributed by atoms with Gasteiger partial charge in [0.15, 0.2) is 0 Å². The molecule has 1 aromatic carbocycles. The highest BCUT2D eigenvalue weighted by Crippen LogP contribution is 2.30. The number of nitrogen functional groups attached to an aromatic ring is 1. The van der Waals surface area contributed by atoms with Gasteiger partial charge in [-0.1, -0.05) is 6.07 Å². The van der Waals surface area contributed by atoms with Gasteiger partial charge in [0.2, 0.25) is 0 Å². The topological polar surface area (TPSA) is 42.1 Å². The number of aromatic nitrogens is 1. The molecule has 18 heavy (non-hydrogen) atoms. The predicted molar refractivity (Wildman–Crippen MR) is 69.8 cm³/mol. The van der Waals surface area contributed by atoms with Crippen molar-refractivity contribution in [3.05, 3.63) is 53.6 Å². The van der Waals surface area contributed by atoms with E-state index >= 15 is 0 Å². The highest BCUT2D eigenvalue weighted by molar-refractivity contribution is 5.59. The second-order valence-corrected chi connectivity index (χ2v) is 4.48. The van der Waals surface area contributed by atoms with E-state index < -0.39 is 0 Å². The van der Waals surface area contributed by atoms with E-state index in [0.717, 1.165) is 24.3 Å². The van der Waals surface area contributed by atoms with Crippen molar-refractivity contribution in [3.8, 4) is 0 Å². The highest BCUT2D eigenvalue weighted by Gasteiger charge is 2.20. The van der Waals surface area contributed by atoms with Gasteiger partial charge in [-0.3, -0.25) is 4.98 Å². The smallest absolute Gasteiger partial charge is 0.125 e. The first-order chi connectivity index (χ1) is 8.74. The summed E-state index contributed by atoms with van der Waals surface area (Å²) < 4.78 is 13.3.